The van der Waals surface area contributed by atoms with Gasteiger partial charge in [-0.2, -0.15) is 0 Å². The molecular weight excluding hydrogens is 234 g/mol. The lowest BCUT2D eigenvalue weighted by Gasteiger charge is -2.21. The highest BCUT2D eigenvalue weighted by Gasteiger charge is 2.41. The lowest BCUT2D eigenvalue weighted by atomic mass is 9.88. The molecule has 3 rings (SSSR count). The SMILES string of the molecule is CCCNc1cc(CC)nc(C2CC3CCC2C3)n1. The normalized spacial score (nSPS) is 28.8. The first-order valence-electron chi connectivity index (χ1n) is 7.91. The Morgan fingerprint density at radius 2 is 2.11 bits per heavy atom. The second kappa shape index (κ2) is 5.48. The predicted molar refractivity (Wildman–Crippen MR) is 78.4 cm³/mol. The van der Waals surface area contributed by atoms with E-state index in [0.717, 1.165) is 42.9 Å². The topological polar surface area (TPSA) is 37.8 Å². The van der Waals surface area contributed by atoms with Crippen molar-refractivity contribution in [3.63, 3.8) is 0 Å². The van der Waals surface area contributed by atoms with Crippen LogP contribution in [-0.2, 0) is 6.42 Å². The van der Waals surface area contributed by atoms with Crippen LogP contribution in [-0.4, -0.2) is 16.5 Å². The van der Waals surface area contributed by atoms with Gasteiger partial charge in [0.25, 0.3) is 0 Å². The molecule has 0 aliphatic heterocycles. The second-order valence-electron chi connectivity index (χ2n) is 6.16. The van der Waals surface area contributed by atoms with Gasteiger partial charge in [-0.05, 0) is 43.9 Å². The molecule has 0 radical (unpaired) electrons. The summed E-state index contributed by atoms with van der Waals surface area (Å²) in [6.45, 7) is 5.36. The number of hydrogen-bond acceptors (Lipinski definition) is 3. The van der Waals surface area contributed by atoms with Gasteiger partial charge in [-0.15, -0.1) is 0 Å². The average molecular weight is 259 g/mol. The molecule has 0 spiro atoms. The van der Waals surface area contributed by atoms with E-state index in [1.54, 1.807) is 0 Å². The summed E-state index contributed by atoms with van der Waals surface area (Å²) in [5.74, 6) is 4.59. The van der Waals surface area contributed by atoms with E-state index in [9.17, 15) is 0 Å². The van der Waals surface area contributed by atoms with E-state index in [0.29, 0.717) is 5.92 Å². The van der Waals surface area contributed by atoms with Crippen LogP contribution in [0.5, 0.6) is 0 Å². The van der Waals surface area contributed by atoms with Crippen LogP contribution < -0.4 is 5.32 Å². The molecule has 2 aliphatic carbocycles. The van der Waals surface area contributed by atoms with Crippen LogP contribution in [0.3, 0.4) is 0 Å². The van der Waals surface area contributed by atoms with Crippen molar-refractivity contribution in [1.29, 1.82) is 0 Å². The minimum absolute atomic E-state index is 0.632. The molecule has 1 N–H and O–H groups in total. The van der Waals surface area contributed by atoms with Crippen molar-refractivity contribution in [2.45, 2.75) is 58.3 Å². The summed E-state index contributed by atoms with van der Waals surface area (Å²) in [7, 11) is 0. The minimum Gasteiger partial charge on any atom is -0.370 e. The molecule has 0 saturated heterocycles. The molecule has 1 aromatic rings. The van der Waals surface area contributed by atoms with Crippen molar-refractivity contribution >= 4 is 5.82 Å². The van der Waals surface area contributed by atoms with Crippen molar-refractivity contribution < 1.29 is 0 Å². The Balaban J connectivity index is 1.83. The van der Waals surface area contributed by atoms with Crippen molar-refractivity contribution in [3.05, 3.63) is 17.6 Å². The van der Waals surface area contributed by atoms with Crippen LogP contribution >= 0.6 is 0 Å². The smallest absolute Gasteiger partial charge is 0.134 e. The average Bonchev–Trinajstić information content (AvgIpc) is 3.07. The van der Waals surface area contributed by atoms with Gasteiger partial charge < -0.3 is 5.32 Å². The Kier molecular flexibility index (Phi) is 3.72. The fraction of sp³-hybridized carbons (Fsp3) is 0.750. The zero-order chi connectivity index (χ0) is 13.2. The fourth-order valence-corrected chi connectivity index (χ4v) is 3.77. The first-order chi connectivity index (χ1) is 9.30. The summed E-state index contributed by atoms with van der Waals surface area (Å²) in [5.41, 5.74) is 1.19. The lowest BCUT2D eigenvalue weighted by Crippen LogP contribution is -2.15. The van der Waals surface area contributed by atoms with Gasteiger partial charge in [-0.1, -0.05) is 20.3 Å². The quantitative estimate of drug-likeness (QED) is 0.874. The van der Waals surface area contributed by atoms with Gasteiger partial charge in [0.2, 0.25) is 0 Å². The molecule has 3 heteroatoms. The van der Waals surface area contributed by atoms with Gasteiger partial charge in [0, 0.05) is 24.2 Å². The lowest BCUT2D eigenvalue weighted by molar-refractivity contribution is 0.405. The minimum atomic E-state index is 0.632. The molecule has 104 valence electrons. The standard InChI is InChI=1S/C16H25N3/c1-3-7-17-15-10-13(4-2)18-16(19-15)14-9-11-5-6-12(14)8-11/h10-12,14H,3-9H2,1-2H3,(H,17,18,19). The number of aryl methyl sites for hydroxylation is 1. The Labute approximate surface area is 116 Å². The van der Waals surface area contributed by atoms with Gasteiger partial charge in [-0.25, -0.2) is 9.97 Å². The molecule has 2 saturated carbocycles. The molecule has 3 atom stereocenters. The van der Waals surface area contributed by atoms with Gasteiger partial charge in [0.15, 0.2) is 0 Å². The van der Waals surface area contributed by atoms with E-state index < -0.39 is 0 Å². The Morgan fingerprint density at radius 3 is 2.74 bits per heavy atom. The Hall–Kier alpha value is -1.12. The molecule has 1 heterocycles. The van der Waals surface area contributed by atoms with Crippen LogP contribution in [0.15, 0.2) is 6.07 Å². The molecule has 3 nitrogen and oxygen atoms in total. The highest BCUT2D eigenvalue weighted by Crippen LogP contribution is 2.52. The van der Waals surface area contributed by atoms with Crippen LogP contribution in [0.1, 0.15) is 63.4 Å². The molecular formula is C16H25N3. The van der Waals surface area contributed by atoms with Crippen LogP contribution in [0.4, 0.5) is 5.82 Å². The molecule has 3 unspecified atom stereocenters. The van der Waals surface area contributed by atoms with Crippen LogP contribution in [0.2, 0.25) is 0 Å². The number of rotatable bonds is 5. The van der Waals surface area contributed by atoms with Crippen molar-refractivity contribution in [3.8, 4) is 0 Å². The van der Waals surface area contributed by atoms with Gasteiger partial charge in [0.1, 0.15) is 11.6 Å². The van der Waals surface area contributed by atoms with Gasteiger partial charge in [0.05, 0.1) is 0 Å². The fourth-order valence-electron chi connectivity index (χ4n) is 3.77. The van der Waals surface area contributed by atoms with Crippen molar-refractivity contribution in [2.75, 3.05) is 11.9 Å². The largest absolute Gasteiger partial charge is 0.370 e. The molecule has 2 bridgehead atoms. The number of nitrogens with one attached hydrogen (secondary N) is 1. The van der Waals surface area contributed by atoms with E-state index in [-0.39, 0.29) is 0 Å². The molecule has 0 aromatic carbocycles. The zero-order valence-electron chi connectivity index (χ0n) is 12.2. The number of nitrogens with zero attached hydrogens (tertiary/aromatic N) is 2. The van der Waals surface area contributed by atoms with Crippen molar-refractivity contribution in [2.24, 2.45) is 11.8 Å². The van der Waals surface area contributed by atoms with E-state index >= 15 is 0 Å². The van der Waals surface area contributed by atoms with Gasteiger partial charge >= 0.3 is 0 Å². The summed E-state index contributed by atoms with van der Waals surface area (Å²) in [6, 6.07) is 2.12. The summed E-state index contributed by atoms with van der Waals surface area (Å²) < 4.78 is 0. The molecule has 2 aliphatic rings. The summed E-state index contributed by atoms with van der Waals surface area (Å²) in [6.07, 6.45) is 7.71. The Bertz CT molecular complexity index is 444. The number of hydrogen-bond donors (Lipinski definition) is 1. The number of anilines is 1. The second-order valence-corrected chi connectivity index (χ2v) is 6.16. The van der Waals surface area contributed by atoms with E-state index in [1.807, 2.05) is 0 Å². The van der Waals surface area contributed by atoms with E-state index in [1.165, 1.54) is 31.4 Å². The molecule has 0 amide bonds. The first-order valence-corrected chi connectivity index (χ1v) is 7.91. The molecule has 1 aromatic heterocycles. The van der Waals surface area contributed by atoms with Crippen LogP contribution in [0, 0.1) is 11.8 Å². The highest BCUT2D eigenvalue weighted by molar-refractivity contribution is 5.37. The van der Waals surface area contributed by atoms with E-state index in [4.69, 9.17) is 9.97 Å². The molecule has 2 fully saturated rings. The maximum atomic E-state index is 4.81. The predicted octanol–water partition coefficient (Wildman–Crippen LogP) is 3.76. The van der Waals surface area contributed by atoms with E-state index in [2.05, 4.69) is 25.2 Å². The maximum absolute atomic E-state index is 4.81. The first kappa shape index (κ1) is 12.9. The van der Waals surface area contributed by atoms with Gasteiger partial charge in [-0.3, -0.25) is 0 Å². The number of aromatic nitrogens is 2. The third-order valence-corrected chi connectivity index (χ3v) is 4.78. The third-order valence-electron chi connectivity index (χ3n) is 4.78. The Morgan fingerprint density at radius 1 is 1.21 bits per heavy atom. The monoisotopic (exact) mass is 259 g/mol. The van der Waals surface area contributed by atoms with Crippen LogP contribution in [0.25, 0.3) is 0 Å². The zero-order valence-corrected chi connectivity index (χ0v) is 12.2. The maximum Gasteiger partial charge on any atom is 0.134 e. The third kappa shape index (κ3) is 2.60. The highest BCUT2D eigenvalue weighted by atomic mass is 15.0. The summed E-state index contributed by atoms with van der Waals surface area (Å²) >= 11 is 0. The number of fused-ring (bicyclic) bond motifs is 2. The van der Waals surface area contributed by atoms with Crippen molar-refractivity contribution in [1.82, 2.24) is 9.97 Å². The summed E-state index contributed by atoms with van der Waals surface area (Å²) in [4.78, 5) is 9.61. The summed E-state index contributed by atoms with van der Waals surface area (Å²) in [5, 5.41) is 3.43. The molecule has 19 heavy (non-hydrogen) atoms.